The van der Waals surface area contributed by atoms with Crippen LogP contribution >= 0.6 is 11.6 Å². The van der Waals surface area contributed by atoms with Crippen LogP contribution in [-0.4, -0.2) is 48.8 Å². The number of carbonyl (C=O) groups excluding carboxylic acids is 4. The first-order valence-corrected chi connectivity index (χ1v) is 11.2. The molecule has 1 heterocycles. The number of carbonyl (C=O) groups is 4. The number of nitrogens with one attached hydrogen (secondary N) is 2. The molecule has 4 amide bonds. The first-order valence-electron chi connectivity index (χ1n) is 10.9. The van der Waals surface area contributed by atoms with Crippen LogP contribution in [0.3, 0.4) is 0 Å². The van der Waals surface area contributed by atoms with Crippen LogP contribution in [0.1, 0.15) is 47.9 Å². The number of fused-ring (bicyclic) bond motifs is 1. The minimum Gasteiger partial charge on any atom is -0.385 e. The van der Waals surface area contributed by atoms with Gasteiger partial charge in [-0.3, -0.25) is 24.1 Å². The molecule has 0 atom stereocenters. The fraction of sp³-hybridized carbons (Fsp3) is 0.154. The van der Waals surface area contributed by atoms with Crippen LogP contribution in [0.25, 0.3) is 0 Å². The molecule has 0 saturated carbocycles. The van der Waals surface area contributed by atoms with Crippen LogP contribution < -0.4 is 10.6 Å². The summed E-state index contributed by atoms with van der Waals surface area (Å²) in [6.45, 7) is 0.657. The van der Waals surface area contributed by atoms with Gasteiger partial charge in [-0.1, -0.05) is 23.7 Å². The monoisotopic (exact) mass is 491 g/mol. The average molecular weight is 492 g/mol. The first-order chi connectivity index (χ1) is 16.9. The molecular formula is C26H22ClN3O5. The van der Waals surface area contributed by atoms with Gasteiger partial charge in [0.2, 0.25) is 0 Å². The zero-order chi connectivity index (χ0) is 24.9. The zero-order valence-electron chi connectivity index (χ0n) is 18.8. The normalized spacial score (nSPS) is 12.5. The van der Waals surface area contributed by atoms with Crippen molar-refractivity contribution < 1.29 is 23.9 Å². The lowest BCUT2D eigenvalue weighted by atomic mass is 10.0. The molecule has 0 radical (unpaired) electrons. The predicted octanol–water partition coefficient (Wildman–Crippen LogP) is 4.48. The molecule has 35 heavy (non-hydrogen) atoms. The summed E-state index contributed by atoms with van der Waals surface area (Å²) in [5.41, 5.74) is 1.73. The maximum atomic E-state index is 13.0. The largest absolute Gasteiger partial charge is 0.385 e. The number of anilines is 2. The molecule has 0 fully saturated rings. The Morgan fingerprint density at radius 3 is 2.34 bits per heavy atom. The molecule has 2 N–H and O–H groups in total. The number of imide groups is 1. The number of methoxy groups -OCH3 is 1. The molecule has 3 aromatic carbocycles. The van der Waals surface area contributed by atoms with Gasteiger partial charge < -0.3 is 15.4 Å². The van der Waals surface area contributed by atoms with E-state index < -0.39 is 23.6 Å². The summed E-state index contributed by atoms with van der Waals surface area (Å²) in [6, 6.07) is 17.6. The highest BCUT2D eigenvalue weighted by Gasteiger charge is 2.35. The van der Waals surface area contributed by atoms with E-state index in [1.165, 1.54) is 18.2 Å². The van der Waals surface area contributed by atoms with Crippen molar-refractivity contribution in [2.24, 2.45) is 0 Å². The first kappa shape index (κ1) is 24.1. The SMILES string of the molecule is COCCCN1C(=O)c2ccc(C(=O)Nc3ccccc3C(=O)Nc3ccc(Cl)cc3)cc2C1=O. The van der Waals surface area contributed by atoms with Crippen LogP contribution in [0.2, 0.25) is 5.02 Å². The third-order valence-electron chi connectivity index (χ3n) is 5.49. The van der Waals surface area contributed by atoms with E-state index in [4.69, 9.17) is 16.3 Å². The molecule has 0 bridgehead atoms. The van der Waals surface area contributed by atoms with Gasteiger partial charge in [-0.15, -0.1) is 0 Å². The molecule has 0 aromatic heterocycles. The van der Waals surface area contributed by atoms with E-state index >= 15 is 0 Å². The molecule has 1 aliphatic heterocycles. The van der Waals surface area contributed by atoms with Crippen LogP contribution in [0.4, 0.5) is 11.4 Å². The Balaban J connectivity index is 1.51. The fourth-order valence-electron chi connectivity index (χ4n) is 3.72. The second kappa shape index (κ2) is 10.5. The van der Waals surface area contributed by atoms with Crippen LogP contribution in [-0.2, 0) is 4.74 Å². The van der Waals surface area contributed by atoms with Crippen molar-refractivity contribution in [3.05, 3.63) is 94.0 Å². The summed E-state index contributed by atoms with van der Waals surface area (Å²) in [5.74, 6) is -1.77. The summed E-state index contributed by atoms with van der Waals surface area (Å²) in [6.07, 6.45) is 0.518. The summed E-state index contributed by atoms with van der Waals surface area (Å²) in [7, 11) is 1.55. The van der Waals surface area contributed by atoms with Gasteiger partial charge in [0.15, 0.2) is 0 Å². The second-order valence-corrected chi connectivity index (χ2v) is 8.27. The molecule has 0 aliphatic carbocycles. The van der Waals surface area contributed by atoms with Gasteiger partial charge in [-0.25, -0.2) is 0 Å². The summed E-state index contributed by atoms with van der Waals surface area (Å²) in [5, 5.41) is 6.03. The van der Waals surface area contributed by atoms with Gasteiger partial charge in [-0.2, -0.15) is 0 Å². The Morgan fingerprint density at radius 2 is 1.60 bits per heavy atom. The number of para-hydroxylation sites is 1. The van der Waals surface area contributed by atoms with Crippen molar-refractivity contribution in [2.45, 2.75) is 6.42 Å². The topological polar surface area (TPSA) is 105 Å². The second-order valence-electron chi connectivity index (χ2n) is 7.83. The smallest absolute Gasteiger partial charge is 0.261 e. The highest BCUT2D eigenvalue weighted by molar-refractivity contribution is 6.30. The number of nitrogens with zero attached hydrogens (tertiary/aromatic N) is 1. The Hall–Kier alpha value is -4.01. The third-order valence-corrected chi connectivity index (χ3v) is 5.74. The number of halogens is 1. The van der Waals surface area contributed by atoms with Gasteiger partial charge in [0, 0.05) is 36.5 Å². The molecule has 0 saturated heterocycles. The highest BCUT2D eigenvalue weighted by Crippen LogP contribution is 2.25. The number of hydrogen-bond acceptors (Lipinski definition) is 5. The van der Waals surface area contributed by atoms with Crippen molar-refractivity contribution in [1.82, 2.24) is 4.90 Å². The van der Waals surface area contributed by atoms with E-state index in [1.807, 2.05) is 0 Å². The number of hydrogen-bond donors (Lipinski definition) is 2. The number of amides is 4. The van der Waals surface area contributed by atoms with E-state index in [-0.39, 0.29) is 28.8 Å². The number of rotatable bonds is 8. The van der Waals surface area contributed by atoms with Gasteiger partial charge in [0.05, 0.1) is 22.4 Å². The molecule has 0 unspecified atom stereocenters. The van der Waals surface area contributed by atoms with Gasteiger partial charge in [0.1, 0.15) is 0 Å². The van der Waals surface area contributed by atoms with Crippen molar-refractivity contribution >= 4 is 46.6 Å². The lowest BCUT2D eigenvalue weighted by molar-refractivity contribution is 0.0638. The standard InChI is InChI=1S/C26H22ClN3O5/c1-35-14-4-13-30-25(33)19-12-7-16(15-21(19)26(30)34)23(31)29-22-6-3-2-5-20(22)24(32)28-18-10-8-17(27)9-11-18/h2-3,5-12,15H,4,13-14H2,1H3,(H,28,32)(H,29,31). The lowest BCUT2D eigenvalue weighted by Crippen LogP contribution is -2.31. The zero-order valence-corrected chi connectivity index (χ0v) is 19.6. The van der Waals surface area contributed by atoms with Crippen LogP contribution in [0.5, 0.6) is 0 Å². The maximum absolute atomic E-state index is 13.0. The lowest BCUT2D eigenvalue weighted by Gasteiger charge is -2.12. The molecule has 4 rings (SSSR count). The van der Waals surface area contributed by atoms with E-state index in [0.717, 1.165) is 4.90 Å². The van der Waals surface area contributed by atoms with Crippen molar-refractivity contribution in [3.8, 4) is 0 Å². The van der Waals surface area contributed by atoms with Crippen LogP contribution in [0, 0.1) is 0 Å². The summed E-state index contributed by atoms with van der Waals surface area (Å²) in [4.78, 5) is 52.3. The Kier molecular flexibility index (Phi) is 7.24. The molecule has 1 aliphatic rings. The van der Waals surface area contributed by atoms with E-state index in [0.29, 0.717) is 29.4 Å². The maximum Gasteiger partial charge on any atom is 0.261 e. The van der Waals surface area contributed by atoms with Gasteiger partial charge in [0.25, 0.3) is 23.6 Å². The van der Waals surface area contributed by atoms with Crippen molar-refractivity contribution in [2.75, 3.05) is 30.9 Å². The molecular weight excluding hydrogens is 470 g/mol. The molecule has 0 spiro atoms. The number of ether oxygens (including phenoxy) is 1. The average Bonchev–Trinajstić information content (AvgIpc) is 3.10. The minimum atomic E-state index is -0.516. The number of benzene rings is 3. The van der Waals surface area contributed by atoms with Crippen molar-refractivity contribution in [1.29, 1.82) is 0 Å². The highest BCUT2D eigenvalue weighted by atomic mass is 35.5. The Bertz CT molecular complexity index is 1310. The molecule has 178 valence electrons. The van der Waals surface area contributed by atoms with Crippen LogP contribution in [0.15, 0.2) is 66.7 Å². The Labute approximate surface area is 206 Å². The molecule has 3 aromatic rings. The summed E-state index contributed by atoms with van der Waals surface area (Å²) >= 11 is 5.89. The fourth-order valence-corrected chi connectivity index (χ4v) is 3.84. The summed E-state index contributed by atoms with van der Waals surface area (Å²) < 4.78 is 4.98. The van der Waals surface area contributed by atoms with E-state index in [1.54, 1.807) is 55.6 Å². The van der Waals surface area contributed by atoms with Gasteiger partial charge in [-0.05, 0) is 61.0 Å². The molecule has 9 heteroatoms. The minimum absolute atomic E-state index is 0.175. The quantitative estimate of drug-likeness (QED) is 0.357. The van der Waals surface area contributed by atoms with Crippen molar-refractivity contribution in [3.63, 3.8) is 0 Å². The van der Waals surface area contributed by atoms with E-state index in [9.17, 15) is 19.2 Å². The molecule has 8 nitrogen and oxygen atoms in total. The third kappa shape index (κ3) is 5.24. The van der Waals surface area contributed by atoms with Gasteiger partial charge >= 0.3 is 0 Å². The predicted molar refractivity (Wildman–Crippen MR) is 132 cm³/mol. The van der Waals surface area contributed by atoms with E-state index in [2.05, 4.69) is 10.6 Å². The Morgan fingerprint density at radius 1 is 0.886 bits per heavy atom.